The number of hydrogen-bond donors (Lipinski definition) is 4. The molecule has 0 amide bonds. The number of fused-ring (bicyclic) bond motifs is 1. The van der Waals surface area contributed by atoms with Gasteiger partial charge in [-0.15, -0.1) is 0 Å². The highest BCUT2D eigenvalue weighted by Gasteiger charge is 2.30. The second-order valence-electron chi connectivity index (χ2n) is 8.24. The number of thiocarbonyl (C=S) groups is 1. The minimum atomic E-state index is -4.46. The summed E-state index contributed by atoms with van der Waals surface area (Å²) in [5.74, 6) is 0.553. The maximum Gasteiger partial charge on any atom is 0.416 e. The molecular formula is C25H23ClF3N7S. The number of H-pyrrole nitrogens is 1. The highest BCUT2D eigenvalue weighted by molar-refractivity contribution is 7.80. The zero-order valence-electron chi connectivity index (χ0n) is 19.9. The highest BCUT2D eigenvalue weighted by atomic mass is 35.5. The van der Waals surface area contributed by atoms with Crippen molar-refractivity contribution in [3.63, 3.8) is 0 Å². The van der Waals surface area contributed by atoms with E-state index in [1.54, 1.807) is 0 Å². The van der Waals surface area contributed by atoms with Crippen molar-refractivity contribution >= 4 is 57.4 Å². The third kappa shape index (κ3) is 7.17. The van der Waals surface area contributed by atoms with Crippen LogP contribution in [0.2, 0.25) is 5.02 Å². The molecule has 4 rings (SSSR count). The number of aryl methyl sites for hydroxylation is 2. The van der Waals surface area contributed by atoms with Crippen molar-refractivity contribution in [3.8, 4) is 0 Å². The van der Waals surface area contributed by atoms with E-state index < -0.39 is 11.7 Å². The van der Waals surface area contributed by atoms with Crippen LogP contribution in [0.15, 0.2) is 59.7 Å². The van der Waals surface area contributed by atoms with Gasteiger partial charge in [0.15, 0.2) is 5.11 Å². The summed E-state index contributed by atoms with van der Waals surface area (Å²) >= 11 is 11.5. The van der Waals surface area contributed by atoms with Gasteiger partial charge < -0.3 is 15.6 Å². The van der Waals surface area contributed by atoms with Gasteiger partial charge in [0.05, 0.1) is 5.56 Å². The Morgan fingerprint density at radius 1 is 1.05 bits per heavy atom. The van der Waals surface area contributed by atoms with Gasteiger partial charge in [-0.2, -0.15) is 13.2 Å². The van der Waals surface area contributed by atoms with Crippen molar-refractivity contribution in [3.05, 3.63) is 82.3 Å². The molecule has 0 aliphatic heterocycles. The fraction of sp³-hybridized carbons (Fsp3) is 0.200. The van der Waals surface area contributed by atoms with Gasteiger partial charge in [0.25, 0.3) is 0 Å². The van der Waals surface area contributed by atoms with Crippen molar-refractivity contribution in [1.82, 2.24) is 20.3 Å². The summed E-state index contributed by atoms with van der Waals surface area (Å²) in [4.78, 5) is 16.5. The molecule has 0 radical (unpaired) electrons. The van der Waals surface area contributed by atoms with Gasteiger partial charge in [0, 0.05) is 45.7 Å². The van der Waals surface area contributed by atoms with Crippen LogP contribution in [-0.2, 0) is 12.6 Å². The molecule has 2 aromatic heterocycles. The highest BCUT2D eigenvalue weighted by Crippen LogP contribution is 2.30. The molecule has 0 unspecified atom stereocenters. The molecule has 7 nitrogen and oxygen atoms in total. The molecule has 0 aliphatic carbocycles. The van der Waals surface area contributed by atoms with Gasteiger partial charge in [-0.05, 0) is 80.5 Å². The van der Waals surface area contributed by atoms with E-state index in [1.807, 2.05) is 44.3 Å². The van der Waals surface area contributed by atoms with Gasteiger partial charge >= 0.3 is 6.18 Å². The molecule has 0 fully saturated rings. The van der Waals surface area contributed by atoms with Crippen molar-refractivity contribution in [2.45, 2.75) is 26.4 Å². The maximum atomic E-state index is 13.1. The number of alkyl halides is 3. The molecule has 4 aromatic rings. The van der Waals surface area contributed by atoms with Crippen LogP contribution in [0.4, 0.5) is 24.8 Å². The lowest BCUT2D eigenvalue weighted by Gasteiger charge is -2.15. The van der Waals surface area contributed by atoms with Crippen LogP contribution in [0.5, 0.6) is 0 Å². The minimum Gasteiger partial charge on any atom is -0.361 e. The molecule has 2 heterocycles. The Labute approximate surface area is 221 Å². The molecule has 2 aromatic carbocycles. The summed E-state index contributed by atoms with van der Waals surface area (Å²) in [5, 5.41) is 10.4. The van der Waals surface area contributed by atoms with Gasteiger partial charge in [0.1, 0.15) is 0 Å². The Hall–Kier alpha value is -3.70. The van der Waals surface area contributed by atoms with Crippen LogP contribution in [0, 0.1) is 13.8 Å². The molecule has 0 saturated carbocycles. The molecule has 0 bridgehead atoms. The Morgan fingerprint density at radius 2 is 1.81 bits per heavy atom. The second kappa shape index (κ2) is 11.1. The fourth-order valence-electron chi connectivity index (χ4n) is 3.69. The quantitative estimate of drug-likeness (QED) is 0.135. The summed E-state index contributed by atoms with van der Waals surface area (Å²) in [7, 11) is 0. The zero-order valence-corrected chi connectivity index (χ0v) is 21.4. The molecular weight excluding hydrogens is 523 g/mol. The molecule has 4 N–H and O–H groups in total. The summed E-state index contributed by atoms with van der Waals surface area (Å²) in [6, 6.07) is 12.2. The number of aromatic amines is 1. The number of benzene rings is 2. The maximum absolute atomic E-state index is 13.1. The predicted octanol–water partition coefficient (Wildman–Crippen LogP) is 6.24. The normalized spacial score (nSPS) is 12.0. The smallest absolute Gasteiger partial charge is 0.361 e. The molecule has 0 aliphatic rings. The third-order valence-corrected chi connectivity index (χ3v) is 5.71. The number of halogens is 4. The van der Waals surface area contributed by atoms with Crippen molar-refractivity contribution < 1.29 is 13.2 Å². The van der Waals surface area contributed by atoms with E-state index in [0.29, 0.717) is 23.9 Å². The molecule has 0 atom stereocenters. The van der Waals surface area contributed by atoms with Gasteiger partial charge in [0.2, 0.25) is 11.9 Å². The number of nitrogens with zero attached hydrogens (tertiary/aromatic N) is 3. The Morgan fingerprint density at radius 3 is 2.54 bits per heavy atom. The standard InChI is InChI=1S/C25H23ClF3N7S/c1-14-10-15(2)33-23(32-14)35-22(30-9-8-16-13-31-21-7-6-18(26)12-20(16)21)36-24(37)34-19-5-3-4-17(11-19)25(27,28)29/h3-7,10-13,31H,8-9H2,1-2H3,(H3,30,32,33,34,35,36,37). The van der Waals surface area contributed by atoms with Crippen LogP contribution >= 0.6 is 23.8 Å². The predicted molar refractivity (Wildman–Crippen MR) is 145 cm³/mol. The number of guanidine groups is 1. The number of nitrogens with one attached hydrogen (secondary N) is 4. The van der Waals surface area contributed by atoms with Gasteiger partial charge in [-0.25, -0.2) is 9.97 Å². The molecule has 12 heteroatoms. The van der Waals surface area contributed by atoms with E-state index >= 15 is 0 Å². The molecule has 0 spiro atoms. The van der Waals surface area contributed by atoms with E-state index in [2.05, 4.69) is 35.9 Å². The Kier molecular flexibility index (Phi) is 7.94. The number of anilines is 2. The number of rotatable bonds is 5. The summed E-state index contributed by atoms with van der Waals surface area (Å²) in [6.45, 7) is 4.05. The van der Waals surface area contributed by atoms with E-state index in [9.17, 15) is 13.2 Å². The van der Waals surface area contributed by atoms with E-state index in [-0.39, 0.29) is 16.8 Å². The van der Waals surface area contributed by atoms with Crippen LogP contribution in [0.3, 0.4) is 0 Å². The van der Waals surface area contributed by atoms with Crippen molar-refractivity contribution in [2.24, 2.45) is 4.99 Å². The van der Waals surface area contributed by atoms with Crippen LogP contribution in [0.25, 0.3) is 10.9 Å². The van der Waals surface area contributed by atoms with Crippen LogP contribution < -0.4 is 16.0 Å². The fourth-order valence-corrected chi connectivity index (χ4v) is 4.07. The van der Waals surface area contributed by atoms with Gasteiger partial charge in [-0.3, -0.25) is 10.3 Å². The first kappa shape index (κ1) is 26.4. The lowest BCUT2D eigenvalue weighted by Crippen LogP contribution is -2.39. The summed E-state index contributed by atoms with van der Waals surface area (Å²) < 4.78 is 39.2. The Bertz CT molecular complexity index is 1450. The third-order valence-electron chi connectivity index (χ3n) is 5.27. The van der Waals surface area contributed by atoms with Crippen LogP contribution in [-0.4, -0.2) is 32.6 Å². The topological polar surface area (TPSA) is 90.0 Å². The first-order valence-electron chi connectivity index (χ1n) is 11.2. The Balaban J connectivity index is 1.51. The molecule has 37 heavy (non-hydrogen) atoms. The molecule has 0 saturated heterocycles. The van der Waals surface area contributed by atoms with E-state index in [0.717, 1.165) is 40.0 Å². The van der Waals surface area contributed by atoms with Crippen molar-refractivity contribution in [2.75, 3.05) is 17.2 Å². The molecule has 192 valence electrons. The number of hydrogen-bond acceptors (Lipinski definition) is 4. The second-order valence-corrected chi connectivity index (χ2v) is 9.09. The first-order chi connectivity index (χ1) is 17.6. The lowest BCUT2D eigenvalue weighted by molar-refractivity contribution is -0.137. The van der Waals surface area contributed by atoms with Crippen LogP contribution in [0.1, 0.15) is 22.5 Å². The largest absolute Gasteiger partial charge is 0.416 e. The summed E-state index contributed by atoms with van der Waals surface area (Å²) in [5.41, 5.74) is 2.92. The number of aliphatic imine (C=N–C) groups is 1. The first-order valence-corrected chi connectivity index (χ1v) is 12.0. The van der Waals surface area contributed by atoms with E-state index in [4.69, 9.17) is 23.8 Å². The summed E-state index contributed by atoms with van der Waals surface area (Å²) in [6.07, 6.45) is -1.97. The van der Waals surface area contributed by atoms with Crippen molar-refractivity contribution in [1.29, 1.82) is 0 Å². The number of aromatic nitrogens is 3. The van der Waals surface area contributed by atoms with E-state index in [1.165, 1.54) is 12.1 Å². The lowest BCUT2D eigenvalue weighted by atomic mass is 10.1. The van der Waals surface area contributed by atoms with Gasteiger partial charge in [-0.1, -0.05) is 17.7 Å². The minimum absolute atomic E-state index is 0.0498. The monoisotopic (exact) mass is 545 g/mol. The SMILES string of the molecule is Cc1cc(C)nc(NC(=NCCc2c[nH]c3ccc(Cl)cc23)NC(=S)Nc2cccc(C(F)(F)F)c2)n1. The zero-order chi connectivity index (χ0) is 26.6. The average molecular weight is 546 g/mol. The average Bonchev–Trinajstić information content (AvgIpc) is 3.20.